The molecule has 4 nitrogen and oxygen atoms in total. The summed E-state index contributed by atoms with van der Waals surface area (Å²) < 4.78 is 5.68. The van der Waals surface area contributed by atoms with E-state index in [9.17, 15) is 9.90 Å². The van der Waals surface area contributed by atoms with E-state index in [1.807, 2.05) is 26.0 Å². The number of aromatic carboxylic acids is 1. The predicted molar refractivity (Wildman–Crippen MR) is 78.1 cm³/mol. The van der Waals surface area contributed by atoms with E-state index in [2.05, 4.69) is 6.07 Å². The van der Waals surface area contributed by atoms with Gasteiger partial charge in [0.2, 0.25) is 0 Å². The fourth-order valence-electron chi connectivity index (χ4n) is 2.18. The highest BCUT2D eigenvalue weighted by molar-refractivity contribution is 5.95. The molecule has 0 radical (unpaired) electrons. The molecule has 104 valence electrons. The van der Waals surface area contributed by atoms with Crippen LogP contribution in [-0.4, -0.2) is 11.1 Å². The van der Waals surface area contributed by atoms with Gasteiger partial charge < -0.3 is 15.6 Å². The lowest BCUT2D eigenvalue weighted by atomic mass is 10.1. The third-order valence-corrected chi connectivity index (χ3v) is 2.99. The molecule has 4 heteroatoms. The highest BCUT2D eigenvalue weighted by Gasteiger charge is 2.14. The Labute approximate surface area is 117 Å². The molecule has 20 heavy (non-hydrogen) atoms. The third kappa shape index (κ3) is 3.09. The molecule has 0 bridgehead atoms. The van der Waals surface area contributed by atoms with Crippen molar-refractivity contribution in [2.24, 2.45) is 0 Å². The van der Waals surface area contributed by atoms with Crippen LogP contribution in [0.1, 0.15) is 27.0 Å². The largest absolute Gasteiger partial charge is 0.489 e. The van der Waals surface area contributed by atoms with Crippen LogP contribution >= 0.6 is 0 Å². The number of nitrogen functional groups attached to an aromatic ring is 1. The number of hydrogen-bond donors (Lipinski definition) is 2. The number of carbonyl (C=O) groups is 1. The van der Waals surface area contributed by atoms with E-state index in [1.165, 1.54) is 0 Å². The molecule has 0 heterocycles. The van der Waals surface area contributed by atoms with Crippen molar-refractivity contribution in [3.63, 3.8) is 0 Å². The van der Waals surface area contributed by atoms with Gasteiger partial charge in [0.15, 0.2) is 0 Å². The third-order valence-electron chi connectivity index (χ3n) is 2.99. The first kappa shape index (κ1) is 13.9. The number of nitrogens with two attached hydrogens (primary N) is 1. The molecule has 0 saturated heterocycles. The second kappa shape index (κ2) is 5.65. The normalized spacial score (nSPS) is 10.3. The Hall–Kier alpha value is -2.49. The molecule has 2 rings (SSSR count). The highest BCUT2D eigenvalue weighted by Crippen LogP contribution is 2.21. The molecule has 0 aliphatic heterocycles. The summed E-state index contributed by atoms with van der Waals surface area (Å²) in [4.78, 5) is 11.2. The van der Waals surface area contributed by atoms with Crippen molar-refractivity contribution >= 4 is 11.7 Å². The number of aryl methyl sites for hydroxylation is 2. The van der Waals surface area contributed by atoms with Gasteiger partial charge in [-0.25, -0.2) is 4.79 Å². The molecule has 0 aromatic heterocycles. The molecule has 0 amide bonds. The average molecular weight is 271 g/mol. The zero-order valence-corrected chi connectivity index (χ0v) is 11.5. The van der Waals surface area contributed by atoms with Crippen LogP contribution in [0.4, 0.5) is 5.69 Å². The summed E-state index contributed by atoms with van der Waals surface area (Å²) in [6.07, 6.45) is 0. The Morgan fingerprint density at radius 1 is 1.20 bits per heavy atom. The lowest BCUT2D eigenvalue weighted by molar-refractivity contribution is 0.0695. The van der Waals surface area contributed by atoms with Crippen LogP contribution in [0, 0.1) is 13.8 Å². The minimum Gasteiger partial charge on any atom is -0.489 e. The maximum atomic E-state index is 11.2. The number of hydrogen-bond acceptors (Lipinski definition) is 3. The Balaban J connectivity index is 2.23. The molecule has 3 N–H and O–H groups in total. The minimum atomic E-state index is -1.04. The maximum absolute atomic E-state index is 11.2. The number of anilines is 1. The van der Waals surface area contributed by atoms with Crippen molar-refractivity contribution in [2.75, 3.05) is 5.73 Å². The van der Waals surface area contributed by atoms with E-state index >= 15 is 0 Å². The van der Waals surface area contributed by atoms with Crippen LogP contribution in [0.3, 0.4) is 0 Å². The van der Waals surface area contributed by atoms with E-state index in [0.29, 0.717) is 5.56 Å². The quantitative estimate of drug-likeness (QED) is 0.838. The Bertz CT molecular complexity index is 630. The van der Waals surface area contributed by atoms with E-state index in [-0.39, 0.29) is 17.9 Å². The Kier molecular flexibility index (Phi) is 3.94. The number of ether oxygens (including phenoxy) is 1. The molecule has 0 spiro atoms. The van der Waals surface area contributed by atoms with Crippen LogP contribution < -0.4 is 10.5 Å². The van der Waals surface area contributed by atoms with Crippen molar-refractivity contribution in [1.82, 2.24) is 0 Å². The molecular formula is C16H17NO3. The first-order valence-electron chi connectivity index (χ1n) is 6.29. The first-order valence-corrected chi connectivity index (χ1v) is 6.29. The SMILES string of the molecule is Cc1cc(C)cc(OCc2cccc(N)c2C(=O)O)c1. The van der Waals surface area contributed by atoms with Crippen LogP contribution in [0.25, 0.3) is 0 Å². The summed E-state index contributed by atoms with van der Waals surface area (Å²) in [5.74, 6) is -0.316. The summed E-state index contributed by atoms with van der Waals surface area (Å²) in [5.41, 5.74) is 8.83. The van der Waals surface area contributed by atoms with Crippen molar-refractivity contribution < 1.29 is 14.6 Å². The molecule has 2 aromatic rings. The lowest BCUT2D eigenvalue weighted by Gasteiger charge is -2.11. The van der Waals surface area contributed by atoms with Gasteiger partial charge in [-0.15, -0.1) is 0 Å². The van der Waals surface area contributed by atoms with E-state index in [0.717, 1.165) is 16.9 Å². The highest BCUT2D eigenvalue weighted by atomic mass is 16.5. The molecule has 0 saturated carbocycles. The van der Waals surface area contributed by atoms with Gasteiger partial charge in [0, 0.05) is 11.3 Å². The topological polar surface area (TPSA) is 72.5 Å². The fourth-order valence-corrected chi connectivity index (χ4v) is 2.18. The second-order valence-electron chi connectivity index (χ2n) is 4.80. The van der Waals surface area contributed by atoms with Crippen molar-refractivity contribution in [3.05, 3.63) is 58.7 Å². The van der Waals surface area contributed by atoms with Crippen LogP contribution in [0.15, 0.2) is 36.4 Å². The van der Waals surface area contributed by atoms with Gasteiger partial charge in [-0.1, -0.05) is 18.2 Å². The monoisotopic (exact) mass is 271 g/mol. The van der Waals surface area contributed by atoms with Crippen LogP contribution in [0.5, 0.6) is 5.75 Å². The van der Waals surface area contributed by atoms with Gasteiger partial charge in [0.1, 0.15) is 12.4 Å². The fraction of sp³-hybridized carbons (Fsp3) is 0.188. The molecule has 2 aromatic carbocycles. The minimum absolute atomic E-state index is 0.108. The second-order valence-corrected chi connectivity index (χ2v) is 4.80. The van der Waals surface area contributed by atoms with Gasteiger partial charge in [-0.3, -0.25) is 0 Å². The molecule has 0 aliphatic carbocycles. The smallest absolute Gasteiger partial charge is 0.338 e. The number of carboxylic acid groups (broad SMARTS) is 1. The van der Waals surface area contributed by atoms with E-state index in [1.54, 1.807) is 18.2 Å². The standard InChI is InChI=1S/C16H17NO3/c1-10-6-11(2)8-13(7-10)20-9-12-4-3-5-14(17)15(12)16(18)19/h3-8H,9,17H2,1-2H3,(H,18,19). The van der Waals surface area contributed by atoms with Gasteiger partial charge in [-0.2, -0.15) is 0 Å². The van der Waals surface area contributed by atoms with Gasteiger partial charge >= 0.3 is 5.97 Å². The zero-order chi connectivity index (χ0) is 14.7. The van der Waals surface area contributed by atoms with Crippen molar-refractivity contribution in [1.29, 1.82) is 0 Å². The summed E-state index contributed by atoms with van der Waals surface area (Å²) in [6, 6.07) is 10.9. The maximum Gasteiger partial charge on any atom is 0.338 e. The molecule has 0 atom stereocenters. The predicted octanol–water partition coefficient (Wildman–Crippen LogP) is 3.16. The van der Waals surface area contributed by atoms with Gasteiger partial charge in [0.05, 0.1) is 5.56 Å². The Morgan fingerprint density at radius 2 is 1.85 bits per heavy atom. The number of carboxylic acids is 1. The molecular weight excluding hydrogens is 254 g/mol. The number of rotatable bonds is 4. The molecule has 0 fully saturated rings. The summed E-state index contributed by atoms with van der Waals surface area (Å²) in [6.45, 7) is 4.15. The van der Waals surface area contributed by atoms with E-state index in [4.69, 9.17) is 10.5 Å². The lowest BCUT2D eigenvalue weighted by Crippen LogP contribution is -2.09. The zero-order valence-electron chi connectivity index (χ0n) is 11.5. The van der Waals surface area contributed by atoms with Crippen LogP contribution in [0.2, 0.25) is 0 Å². The van der Waals surface area contributed by atoms with Crippen molar-refractivity contribution in [3.8, 4) is 5.75 Å². The van der Waals surface area contributed by atoms with Crippen LogP contribution in [-0.2, 0) is 6.61 Å². The molecule has 0 aliphatic rings. The van der Waals surface area contributed by atoms with E-state index < -0.39 is 5.97 Å². The Morgan fingerprint density at radius 3 is 2.45 bits per heavy atom. The summed E-state index contributed by atoms with van der Waals surface area (Å²) in [5, 5.41) is 9.20. The molecule has 0 unspecified atom stereocenters. The van der Waals surface area contributed by atoms with Crippen molar-refractivity contribution in [2.45, 2.75) is 20.5 Å². The number of benzene rings is 2. The summed E-state index contributed by atoms with van der Waals surface area (Å²) in [7, 11) is 0. The first-order chi connectivity index (χ1) is 9.47. The average Bonchev–Trinajstić information content (AvgIpc) is 2.34. The van der Waals surface area contributed by atoms with Gasteiger partial charge in [0.25, 0.3) is 0 Å². The summed E-state index contributed by atoms with van der Waals surface area (Å²) >= 11 is 0. The van der Waals surface area contributed by atoms with Gasteiger partial charge in [-0.05, 0) is 43.2 Å².